The molecule has 33 heavy (non-hydrogen) atoms. The third-order valence-electron chi connectivity index (χ3n) is 4.41. The van der Waals surface area contributed by atoms with E-state index in [4.69, 9.17) is 4.74 Å². The number of para-hydroxylation sites is 2. The van der Waals surface area contributed by atoms with Gasteiger partial charge >= 0.3 is 5.97 Å². The maximum Gasteiger partial charge on any atom is 0.336 e. The zero-order valence-electron chi connectivity index (χ0n) is 17.1. The lowest BCUT2D eigenvalue weighted by Gasteiger charge is -2.12. The quantitative estimate of drug-likeness (QED) is 0.243. The fourth-order valence-corrected chi connectivity index (χ4v) is 3.92. The minimum Gasteiger partial charge on any atom is -0.495 e. The minimum atomic E-state index is -4.16. The Morgan fingerprint density at radius 2 is 1.79 bits per heavy atom. The summed E-state index contributed by atoms with van der Waals surface area (Å²) in [7, 11) is -2.78. The average molecular weight is 470 g/mol. The number of nitro benzene ring substituents is 1. The van der Waals surface area contributed by atoms with Crippen LogP contribution in [0.15, 0.2) is 76.7 Å². The SMILES string of the molecule is COc1ccccc1NS(=O)(=O)c1ccc(N/N=C\c2ccccc2C(=O)O)c([N+](=O)[O-])c1. The molecule has 0 heterocycles. The van der Waals surface area contributed by atoms with Gasteiger partial charge in [0.25, 0.3) is 15.7 Å². The molecule has 0 radical (unpaired) electrons. The van der Waals surface area contributed by atoms with Gasteiger partial charge in [0.15, 0.2) is 0 Å². The maximum absolute atomic E-state index is 12.8. The van der Waals surface area contributed by atoms with Crippen molar-refractivity contribution in [1.29, 1.82) is 0 Å². The van der Waals surface area contributed by atoms with E-state index in [0.29, 0.717) is 0 Å². The second kappa shape index (κ2) is 9.78. The zero-order chi connectivity index (χ0) is 24.0. The van der Waals surface area contributed by atoms with E-state index in [1.54, 1.807) is 30.3 Å². The highest BCUT2D eigenvalue weighted by molar-refractivity contribution is 7.92. The molecule has 3 aromatic rings. The van der Waals surface area contributed by atoms with Gasteiger partial charge in [-0.3, -0.25) is 20.3 Å². The largest absolute Gasteiger partial charge is 0.495 e. The van der Waals surface area contributed by atoms with Crippen LogP contribution >= 0.6 is 0 Å². The number of methoxy groups -OCH3 is 1. The lowest BCUT2D eigenvalue weighted by atomic mass is 10.1. The van der Waals surface area contributed by atoms with Crippen molar-refractivity contribution >= 4 is 39.3 Å². The topological polar surface area (TPSA) is 160 Å². The minimum absolute atomic E-state index is 0.00130. The fraction of sp³-hybridized carbons (Fsp3) is 0.0476. The standard InChI is InChI=1S/C21H18N4O7S/c1-32-20-9-5-4-8-18(20)24-33(30,31)15-10-11-17(19(12-15)25(28)29)23-22-13-14-6-2-3-7-16(14)21(26)27/h2-13,23-24H,1H3,(H,26,27)/b22-13-. The summed E-state index contributed by atoms with van der Waals surface area (Å²) in [6.45, 7) is 0. The normalized spacial score (nSPS) is 11.2. The number of nitrogens with zero attached hydrogens (tertiary/aromatic N) is 2. The summed E-state index contributed by atoms with van der Waals surface area (Å²) in [5.74, 6) is -0.870. The Hall–Kier alpha value is -4.45. The average Bonchev–Trinajstić information content (AvgIpc) is 2.79. The van der Waals surface area contributed by atoms with Crippen molar-refractivity contribution in [3.8, 4) is 5.75 Å². The predicted molar refractivity (Wildman–Crippen MR) is 122 cm³/mol. The second-order valence-electron chi connectivity index (χ2n) is 6.50. The van der Waals surface area contributed by atoms with Gasteiger partial charge in [0.1, 0.15) is 11.4 Å². The summed E-state index contributed by atoms with van der Waals surface area (Å²) >= 11 is 0. The number of carbonyl (C=O) groups is 1. The Morgan fingerprint density at radius 1 is 1.09 bits per heavy atom. The number of hydrogen-bond donors (Lipinski definition) is 3. The van der Waals surface area contributed by atoms with Crippen LogP contribution in [0, 0.1) is 10.1 Å². The van der Waals surface area contributed by atoms with E-state index in [-0.39, 0.29) is 33.1 Å². The van der Waals surface area contributed by atoms with Crippen molar-refractivity contribution in [3.05, 3.63) is 88.0 Å². The molecular formula is C21H18N4O7S. The van der Waals surface area contributed by atoms with E-state index in [1.165, 1.54) is 43.7 Å². The second-order valence-corrected chi connectivity index (χ2v) is 8.19. The first-order chi connectivity index (χ1) is 15.7. The molecule has 3 aromatic carbocycles. The predicted octanol–water partition coefficient (Wildman–Crippen LogP) is 3.55. The number of carboxylic acid groups (broad SMARTS) is 1. The third kappa shape index (κ3) is 5.43. The van der Waals surface area contributed by atoms with Crippen LogP contribution in [0.25, 0.3) is 0 Å². The van der Waals surface area contributed by atoms with Gasteiger partial charge < -0.3 is 9.84 Å². The highest BCUT2D eigenvalue weighted by Crippen LogP contribution is 2.30. The van der Waals surface area contributed by atoms with E-state index in [9.17, 15) is 28.4 Å². The van der Waals surface area contributed by atoms with Crippen molar-refractivity contribution in [2.24, 2.45) is 5.10 Å². The summed E-state index contributed by atoms with van der Waals surface area (Å²) in [6, 6.07) is 15.7. The molecule has 0 aromatic heterocycles. The number of nitrogens with one attached hydrogen (secondary N) is 2. The molecule has 11 nitrogen and oxygen atoms in total. The summed E-state index contributed by atoms with van der Waals surface area (Å²) in [5.41, 5.74) is 2.28. The van der Waals surface area contributed by atoms with E-state index >= 15 is 0 Å². The molecule has 3 rings (SSSR count). The Morgan fingerprint density at radius 3 is 2.48 bits per heavy atom. The smallest absolute Gasteiger partial charge is 0.336 e. The summed E-state index contributed by atoms with van der Waals surface area (Å²) in [4.78, 5) is 21.7. The number of anilines is 2. The monoisotopic (exact) mass is 470 g/mol. The number of hydrazone groups is 1. The molecule has 3 N–H and O–H groups in total. The van der Waals surface area contributed by atoms with Crippen LogP contribution in [0.2, 0.25) is 0 Å². The number of rotatable bonds is 9. The lowest BCUT2D eigenvalue weighted by Crippen LogP contribution is -2.14. The van der Waals surface area contributed by atoms with E-state index < -0.39 is 26.6 Å². The Labute approximate surface area is 188 Å². The van der Waals surface area contributed by atoms with Crippen LogP contribution in [0.3, 0.4) is 0 Å². The molecule has 0 fully saturated rings. The van der Waals surface area contributed by atoms with Crippen LogP contribution in [-0.2, 0) is 10.0 Å². The molecule has 0 atom stereocenters. The first kappa shape index (κ1) is 23.2. The van der Waals surface area contributed by atoms with Gasteiger partial charge in [-0.25, -0.2) is 13.2 Å². The first-order valence-corrected chi connectivity index (χ1v) is 10.8. The number of nitro groups is 1. The van der Waals surface area contributed by atoms with Crippen molar-refractivity contribution in [1.82, 2.24) is 0 Å². The van der Waals surface area contributed by atoms with Gasteiger partial charge in [0, 0.05) is 11.6 Å². The number of carboxylic acids is 1. The Bertz CT molecular complexity index is 1340. The van der Waals surface area contributed by atoms with Crippen molar-refractivity contribution in [2.75, 3.05) is 17.3 Å². The van der Waals surface area contributed by atoms with Crippen LogP contribution in [0.5, 0.6) is 5.75 Å². The van der Waals surface area contributed by atoms with Crippen molar-refractivity contribution in [3.63, 3.8) is 0 Å². The molecule has 0 spiro atoms. The van der Waals surface area contributed by atoms with E-state index in [2.05, 4.69) is 15.2 Å². The Kier molecular flexibility index (Phi) is 6.88. The number of hydrogen-bond acceptors (Lipinski definition) is 8. The number of aromatic carboxylic acids is 1. The molecular weight excluding hydrogens is 452 g/mol. The Balaban J connectivity index is 1.88. The highest BCUT2D eigenvalue weighted by Gasteiger charge is 2.22. The van der Waals surface area contributed by atoms with Crippen LogP contribution in [-0.4, -0.2) is 37.7 Å². The van der Waals surface area contributed by atoms with E-state index in [1.807, 2.05) is 0 Å². The van der Waals surface area contributed by atoms with Crippen LogP contribution in [0.1, 0.15) is 15.9 Å². The molecule has 0 aliphatic rings. The van der Waals surface area contributed by atoms with Gasteiger partial charge in [-0.1, -0.05) is 30.3 Å². The summed E-state index contributed by atoms with van der Waals surface area (Å²) < 4.78 is 33.0. The molecule has 0 saturated heterocycles. The van der Waals surface area contributed by atoms with E-state index in [0.717, 1.165) is 6.07 Å². The van der Waals surface area contributed by atoms with Gasteiger partial charge in [-0.15, -0.1) is 0 Å². The number of benzene rings is 3. The number of ether oxygens (including phenoxy) is 1. The molecule has 0 aliphatic heterocycles. The third-order valence-corrected chi connectivity index (χ3v) is 5.77. The molecule has 0 unspecified atom stereocenters. The summed E-state index contributed by atoms with van der Waals surface area (Å²) in [6.07, 6.45) is 1.20. The van der Waals surface area contributed by atoms with Gasteiger partial charge in [0.2, 0.25) is 0 Å². The number of sulfonamides is 1. The van der Waals surface area contributed by atoms with Crippen LogP contribution in [0.4, 0.5) is 17.1 Å². The fourth-order valence-electron chi connectivity index (χ4n) is 2.83. The molecule has 0 saturated carbocycles. The maximum atomic E-state index is 12.8. The van der Waals surface area contributed by atoms with Gasteiger partial charge in [0.05, 0.1) is 34.4 Å². The lowest BCUT2D eigenvalue weighted by molar-refractivity contribution is -0.384. The highest BCUT2D eigenvalue weighted by atomic mass is 32.2. The molecule has 0 aliphatic carbocycles. The van der Waals surface area contributed by atoms with Crippen molar-refractivity contribution in [2.45, 2.75) is 4.90 Å². The summed E-state index contributed by atoms with van der Waals surface area (Å²) in [5, 5.41) is 24.6. The zero-order valence-corrected chi connectivity index (χ0v) is 17.9. The van der Waals surface area contributed by atoms with Gasteiger partial charge in [-0.2, -0.15) is 5.10 Å². The van der Waals surface area contributed by atoms with Gasteiger partial charge in [-0.05, 0) is 30.3 Å². The van der Waals surface area contributed by atoms with Crippen molar-refractivity contribution < 1.29 is 28.0 Å². The molecule has 0 bridgehead atoms. The van der Waals surface area contributed by atoms with Crippen LogP contribution < -0.4 is 14.9 Å². The molecule has 12 heteroatoms. The molecule has 0 amide bonds. The molecule has 170 valence electrons. The first-order valence-electron chi connectivity index (χ1n) is 9.28.